The van der Waals surface area contributed by atoms with Crippen molar-refractivity contribution in [3.05, 3.63) is 29.3 Å². The largest absolute Gasteiger partial charge is 0.354 e. The number of hydrogen-bond donors (Lipinski definition) is 1. The summed E-state index contributed by atoms with van der Waals surface area (Å²) >= 11 is 6.08. The van der Waals surface area contributed by atoms with E-state index in [-0.39, 0.29) is 21.9 Å². The fraction of sp³-hybridized carbons (Fsp3) is 0.650. The molecule has 0 spiro atoms. The third kappa shape index (κ3) is 5.06. The average Bonchev–Trinajstić information content (AvgIpc) is 2.72. The van der Waals surface area contributed by atoms with E-state index >= 15 is 0 Å². The summed E-state index contributed by atoms with van der Waals surface area (Å²) in [6.45, 7) is 4.42. The fourth-order valence-electron chi connectivity index (χ4n) is 4.07. The van der Waals surface area contributed by atoms with E-state index in [9.17, 15) is 13.2 Å². The summed E-state index contributed by atoms with van der Waals surface area (Å²) in [5, 5.41) is 3.33. The highest BCUT2D eigenvalue weighted by Crippen LogP contribution is 2.25. The van der Waals surface area contributed by atoms with Crippen molar-refractivity contribution in [3.8, 4) is 0 Å². The normalized spacial score (nSPS) is 21.4. The van der Waals surface area contributed by atoms with Crippen LogP contribution in [0.4, 0.5) is 0 Å². The molecule has 1 amide bonds. The lowest BCUT2D eigenvalue weighted by Gasteiger charge is -2.37. The molecular formula is C20H30ClN3O3S. The third-order valence-corrected chi connectivity index (χ3v) is 8.34. The molecule has 2 fully saturated rings. The van der Waals surface area contributed by atoms with Gasteiger partial charge in [0.2, 0.25) is 15.9 Å². The summed E-state index contributed by atoms with van der Waals surface area (Å²) in [7, 11) is -3.61. The van der Waals surface area contributed by atoms with E-state index in [1.165, 1.54) is 42.5 Å². The molecule has 8 heteroatoms. The van der Waals surface area contributed by atoms with E-state index < -0.39 is 10.0 Å². The van der Waals surface area contributed by atoms with Crippen molar-refractivity contribution in [2.45, 2.75) is 50.0 Å². The van der Waals surface area contributed by atoms with Crippen molar-refractivity contribution in [1.29, 1.82) is 0 Å². The van der Waals surface area contributed by atoms with Gasteiger partial charge in [-0.2, -0.15) is 4.31 Å². The molecule has 6 nitrogen and oxygen atoms in total. The van der Waals surface area contributed by atoms with Gasteiger partial charge >= 0.3 is 0 Å². The number of sulfonamides is 1. The summed E-state index contributed by atoms with van der Waals surface area (Å²) in [4.78, 5) is 14.7. The number of carbonyl (C=O) groups is 1. The van der Waals surface area contributed by atoms with E-state index in [2.05, 4.69) is 10.2 Å². The maximum absolute atomic E-state index is 12.8. The molecular weight excluding hydrogens is 398 g/mol. The Morgan fingerprint density at radius 1 is 1.14 bits per heavy atom. The lowest BCUT2D eigenvalue weighted by atomic mass is 9.89. The van der Waals surface area contributed by atoms with Gasteiger partial charge in [-0.15, -0.1) is 0 Å². The number of halogens is 1. The number of nitrogens with zero attached hydrogens (tertiary/aromatic N) is 2. The van der Waals surface area contributed by atoms with Crippen LogP contribution in [0.1, 0.15) is 39.0 Å². The van der Waals surface area contributed by atoms with Gasteiger partial charge in [0.05, 0.1) is 11.1 Å². The topological polar surface area (TPSA) is 69.7 Å². The standard InChI is InChI=1S/C20H30ClN3O3S/c1-16(20(25)22-15-17-7-3-2-4-8-17)23-11-13-24(14-12-23)28(26,27)19-10-6-5-9-18(19)21/h5-6,9-10,16-17H,2-4,7-8,11-15H2,1H3,(H,22,25)/t16-/m0/s1. The summed E-state index contributed by atoms with van der Waals surface area (Å²) in [6, 6.07) is 6.25. The zero-order valence-corrected chi connectivity index (χ0v) is 18.0. The molecule has 0 aromatic heterocycles. The molecule has 1 aromatic carbocycles. The van der Waals surface area contributed by atoms with Gasteiger partial charge in [-0.05, 0) is 37.8 Å². The molecule has 1 saturated heterocycles. The van der Waals surface area contributed by atoms with Crippen LogP contribution in [0.2, 0.25) is 5.02 Å². The van der Waals surface area contributed by atoms with E-state index in [1.807, 2.05) is 6.92 Å². The van der Waals surface area contributed by atoms with Crippen molar-refractivity contribution >= 4 is 27.5 Å². The molecule has 1 aliphatic carbocycles. The van der Waals surface area contributed by atoms with Crippen LogP contribution < -0.4 is 5.32 Å². The van der Waals surface area contributed by atoms with Crippen LogP contribution in [-0.4, -0.2) is 62.3 Å². The third-order valence-electron chi connectivity index (χ3n) is 5.94. The monoisotopic (exact) mass is 427 g/mol. The van der Waals surface area contributed by atoms with Crippen LogP contribution in [0, 0.1) is 5.92 Å². The Labute approximate surface area is 173 Å². The van der Waals surface area contributed by atoms with E-state index in [0.717, 1.165) is 6.54 Å². The van der Waals surface area contributed by atoms with Crippen molar-refractivity contribution < 1.29 is 13.2 Å². The number of nitrogens with one attached hydrogen (secondary N) is 1. The first-order valence-electron chi connectivity index (χ1n) is 10.2. The average molecular weight is 428 g/mol. The Bertz CT molecular complexity index is 773. The van der Waals surface area contributed by atoms with Gasteiger partial charge in [0, 0.05) is 32.7 Å². The maximum atomic E-state index is 12.8. The summed E-state index contributed by atoms with van der Waals surface area (Å²) < 4.78 is 27.1. The van der Waals surface area contributed by atoms with Gasteiger partial charge < -0.3 is 5.32 Å². The van der Waals surface area contributed by atoms with E-state index in [0.29, 0.717) is 32.1 Å². The van der Waals surface area contributed by atoms with Gasteiger partial charge in [0.25, 0.3) is 0 Å². The maximum Gasteiger partial charge on any atom is 0.244 e. The van der Waals surface area contributed by atoms with Crippen LogP contribution in [0.5, 0.6) is 0 Å². The highest BCUT2D eigenvalue weighted by molar-refractivity contribution is 7.89. The number of carbonyl (C=O) groups excluding carboxylic acids is 1. The van der Waals surface area contributed by atoms with Crippen molar-refractivity contribution in [2.75, 3.05) is 32.7 Å². The molecule has 0 unspecified atom stereocenters. The van der Waals surface area contributed by atoms with Crippen LogP contribution in [0.25, 0.3) is 0 Å². The lowest BCUT2D eigenvalue weighted by Crippen LogP contribution is -2.55. The van der Waals surface area contributed by atoms with Crippen LogP contribution in [0.3, 0.4) is 0 Å². The second-order valence-corrected chi connectivity index (χ2v) is 10.1. The first-order valence-corrected chi connectivity index (χ1v) is 12.0. The minimum atomic E-state index is -3.61. The molecule has 1 aliphatic heterocycles. The van der Waals surface area contributed by atoms with Crippen molar-refractivity contribution in [2.24, 2.45) is 5.92 Å². The van der Waals surface area contributed by atoms with Crippen molar-refractivity contribution in [1.82, 2.24) is 14.5 Å². The van der Waals surface area contributed by atoms with Gasteiger partial charge in [-0.25, -0.2) is 8.42 Å². The molecule has 1 heterocycles. The zero-order chi connectivity index (χ0) is 20.1. The summed E-state index contributed by atoms with van der Waals surface area (Å²) in [5.74, 6) is 0.635. The summed E-state index contributed by atoms with van der Waals surface area (Å²) in [6.07, 6.45) is 6.23. The number of rotatable bonds is 6. The smallest absolute Gasteiger partial charge is 0.244 e. The fourth-order valence-corrected chi connectivity index (χ4v) is 5.99. The minimum Gasteiger partial charge on any atom is -0.354 e. The first kappa shape index (κ1) is 21.6. The Balaban J connectivity index is 1.51. The molecule has 156 valence electrons. The molecule has 1 aromatic rings. The van der Waals surface area contributed by atoms with Gasteiger partial charge in [-0.1, -0.05) is 43.0 Å². The molecule has 3 rings (SSSR count). The predicted molar refractivity (Wildman–Crippen MR) is 111 cm³/mol. The molecule has 1 saturated carbocycles. The van der Waals surface area contributed by atoms with Crippen LogP contribution >= 0.6 is 11.6 Å². The highest BCUT2D eigenvalue weighted by Gasteiger charge is 2.32. The van der Waals surface area contributed by atoms with Gasteiger partial charge in [0.15, 0.2) is 0 Å². The van der Waals surface area contributed by atoms with Crippen LogP contribution in [0.15, 0.2) is 29.2 Å². The quantitative estimate of drug-likeness (QED) is 0.757. The second kappa shape index (κ2) is 9.57. The molecule has 2 aliphatic rings. The second-order valence-electron chi connectivity index (χ2n) is 7.80. The number of piperazine rings is 1. The van der Waals surface area contributed by atoms with E-state index in [4.69, 9.17) is 11.6 Å². The summed E-state index contributed by atoms with van der Waals surface area (Å²) in [5.41, 5.74) is 0. The van der Waals surface area contributed by atoms with Crippen molar-refractivity contribution in [3.63, 3.8) is 0 Å². The molecule has 1 N–H and O–H groups in total. The Kier molecular flexibility index (Phi) is 7.36. The molecule has 0 radical (unpaired) electrons. The highest BCUT2D eigenvalue weighted by atomic mass is 35.5. The Morgan fingerprint density at radius 2 is 1.79 bits per heavy atom. The number of amides is 1. The van der Waals surface area contributed by atoms with Gasteiger partial charge in [0.1, 0.15) is 4.90 Å². The van der Waals surface area contributed by atoms with Crippen LogP contribution in [-0.2, 0) is 14.8 Å². The Hall–Kier alpha value is -1.15. The predicted octanol–water partition coefficient (Wildman–Crippen LogP) is 2.73. The molecule has 1 atom stereocenters. The SMILES string of the molecule is C[C@@H](C(=O)NCC1CCCCC1)N1CCN(S(=O)(=O)c2ccccc2Cl)CC1. The zero-order valence-electron chi connectivity index (χ0n) is 16.4. The molecule has 0 bridgehead atoms. The first-order chi connectivity index (χ1) is 13.4. The number of benzene rings is 1. The molecule has 28 heavy (non-hydrogen) atoms. The van der Waals surface area contributed by atoms with E-state index in [1.54, 1.807) is 18.2 Å². The number of hydrogen-bond acceptors (Lipinski definition) is 4. The Morgan fingerprint density at radius 3 is 2.43 bits per heavy atom. The lowest BCUT2D eigenvalue weighted by molar-refractivity contribution is -0.126. The van der Waals surface area contributed by atoms with Gasteiger partial charge in [-0.3, -0.25) is 9.69 Å². The minimum absolute atomic E-state index is 0.0352.